The smallest absolute Gasteiger partial charge is 0.161 e. The fraction of sp³-hybridized carbons (Fsp3) is 0. The van der Waals surface area contributed by atoms with Gasteiger partial charge in [0.05, 0.1) is 22.2 Å². The SMILES string of the molecule is c1ccc(-c2nc(-c3ccccc3-c3ccc(-n4c5ccc6ccccc6c5c5c6ccccc6c6ccccc6c54)cc3)nc3ccccc23)cc1. The van der Waals surface area contributed by atoms with Crippen LogP contribution in [0.3, 0.4) is 0 Å². The molecule has 0 saturated heterocycles. The van der Waals surface area contributed by atoms with Gasteiger partial charge in [0.2, 0.25) is 0 Å². The number of fused-ring (bicyclic) bond motifs is 11. The predicted octanol–water partition coefficient (Wildman–Crippen LogP) is 13.2. The van der Waals surface area contributed by atoms with Crippen molar-refractivity contribution in [2.75, 3.05) is 0 Å². The third kappa shape index (κ3) is 4.54. The Hall–Kier alpha value is -7.10. The van der Waals surface area contributed by atoms with Crippen molar-refractivity contribution >= 4 is 65.0 Å². The number of hydrogen-bond donors (Lipinski definition) is 0. The molecule has 11 rings (SSSR count). The van der Waals surface area contributed by atoms with Crippen molar-refractivity contribution in [2.45, 2.75) is 0 Å². The first-order chi connectivity index (χ1) is 26.3. The molecule has 0 bridgehead atoms. The van der Waals surface area contributed by atoms with Crippen LogP contribution in [0.15, 0.2) is 188 Å². The van der Waals surface area contributed by atoms with Gasteiger partial charge in [0.15, 0.2) is 5.82 Å². The molecule has 0 aliphatic heterocycles. The van der Waals surface area contributed by atoms with Crippen molar-refractivity contribution in [2.24, 2.45) is 0 Å². The highest BCUT2D eigenvalue weighted by atomic mass is 15.0. The van der Waals surface area contributed by atoms with E-state index in [1.54, 1.807) is 0 Å². The summed E-state index contributed by atoms with van der Waals surface area (Å²) < 4.78 is 2.47. The van der Waals surface area contributed by atoms with E-state index < -0.39 is 0 Å². The summed E-state index contributed by atoms with van der Waals surface area (Å²) in [6.45, 7) is 0. The monoisotopic (exact) mass is 673 g/mol. The van der Waals surface area contributed by atoms with Crippen molar-refractivity contribution in [3.63, 3.8) is 0 Å². The first-order valence-corrected chi connectivity index (χ1v) is 18.1. The maximum atomic E-state index is 5.22. The highest BCUT2D eigenvalue weighted by molar-refractivity contribution is 6.35. The van der Waals surface area contributed by atoms with Crippen LogP contribution in [0.25, 0.3) is 104 Å². The molecule has 0 saturated carbocycles. The van der Waals surface area contributed by atoms with Crippen LogP contribution < -0.4 is 0 Å². The predicted molar refractivity (Wildman–Crippen MR) is 223 cm³/mol. The minimum absolute atomic E-state index is 0.717. The summed E-state index contributed by atoms with van der Waals surface area (Å²) in [6, 6.07) is 67.2. The molecule has 2 aromatic heterocycles. The van der Waals surface area contributed by atoms with Gasteiger partial charge in [0, 0.05) is 38.4 Å². The quantitative estimate of drug-likeness (QED) is 0.174. The van der Waals surface area contributed by atoms with Gasteiger partial charge in [0.25, 0.3) is 0 Å². The molecule has 0 atom stereocenters. The highest BCUT2D eigenvalue weighted by Gasteiger charge is 2.21. The Morgan fingerprint density at radius 1 is 0.358 bits per heavy atom. The van der Waals surface area contributed by atoms with Crippen molar-refractivity contribution < 1.29 is 0 Å². The van der Waals surface area contributed by atoms with Crippen LogP contribution in [-0.2, 0) is 0 Å². The average molecular weight is 674 g/mol. The Balaban J connectivity index is 1.14. The van der Waals surface area contributed by atoms with Gasteiger partial charge in [-0.2, -0.15) is 0 Å². The van der Waals surface area contributed by atoms with Gasteiger partial charge in [-0.1, -0.05) is 164 Å². The molecule has 0 aliphatic carbocycles. The van der Waals surface area contributed by atoms with Gasteiger partial charge >= 0.3 is 0 Å². The van der Waals surface area contributed by atoms with Crippen LogP contribution in [-0.4, -0.2) is 14.5 Å². The van der Waals surface area contributed by atoms with Crippen LogP contribution in [0.2, 0.25) is 0 Å². The topological polar surface area (TPSA) is 30.7 Å². The molecule has 0 N–H and O–H groups in total. The number of benzene rings is 9. The van der Waals surface area contributed by atoms with Crippen LogP contribution >= 0.6 is 0 Å². The second kappa shape index (κ2) is 11.7. The molecule has 53 heavy (non-hydrogen) atoms. The molecular formula is C50H31N3. The van der Waals surface area contributed by atoms with Crippen molar-refractivity contribution in [3.8, 4) is 39.5 Å². The van der Waals surface area contributed by atoms with Gasteiger partial charge in [-0.3, -0.25) is 0 Å². The summed E-state index contributed by atoms with van der Waals surface area (Å²) in [5.41, 5.74) is 9.72. The van der Waals surface area contributed by atoms with Crippen LogP contribution in [0, 0.1) is 0 Å². The Bertz CT molecular complexity index is 3210. The Kier molecular flexibility index (Phi) is 6.55. The fourth-order valence-corrected chi connectivity index (χ4v) is 8.44. The van der Waals surface area contributed by atoms with Gasteiger partial charge < -0.3 is 4.57 Å². The minimum atomic E-state index is 0.717. The number of hydrogen-bond acceptors (Lipinski definition) is 2. The Morgan fingerprint density at radius 2 is 0.962 bits per heavy atom. The molecule has 3 heteroatoms. The largest absolute Gasteiger partial charge is 0.309 e. The number of rotatable bonds is 4. The lowest BCUT2D eigenvalue weighted by Gasteiger charge is -2.14. The van der Waals surface area contributed by atoms with E-state index in [9.17, 15) is 0 Å². The third-order valence-electron chi connectivity index (χ3n) is 10.8. The summed E-state index contributed by atoms with van der Waals surface area (Å²) >= 11 is 0. The van der Waals surface area contributed by atoms with Gasteiger partial charge in [-0.05, 0) is 62.3 Å². The molecule has 11 aromatic rings. The second-order valence-electron chi connectivity index (χ2n) is 13.7. The van der Waals surface area contributed by atoms with E-state index in [4.69, 9.17) is 9.97 Å². The Morgan fingerprint density at radius 3 is 1.75 bits per heavy atom. The molecule has 0 amide bonds. The zero-order chi connectivity index (χ0) is 34.9. The molecule has 0 radical (unpaired) electrons. The number of nitrogens with zero attached hydrogens (tertiary/aromatic N) is 3. The van der Waals surface area contributed by atoms with Gasteiger partial charge in [-0.25, -0.2) is 9.97 Å². The molecule has 2 heterocycles. The molecule has 0 aliphatic rings. The minimum Gasteiger partial charge on any atom is -0.309 e. The molecule has 0 fully saturated rings. The lowest BCUT2D eigenvalue weighted by molar-refractivity contribution is 1.19. The second-order valence-corrected chi connectivity index (χ2v) is 13.7. The normalized spacial score (nSPS) is 11.8. The molecule has 0 spiro atoms. The van der Waals surface area contributed by atoms with Crippen molar-refractivity contribution in [1.82, 2.24) is 14.5 Å². The summed E-state index contributed by atoms with van der Waals surface area (Å²) in [4.78, 5) is 10.3. The van der Waals surface area contributed by atoms with Crippen molar-refractivity contribution in [1.29, 1.82) is 0 Å². The molecule has 0 unspecified atom stereocenters. The first kappa shape index (κ1) is 29.6. The maximum Gasteiger partial charge on any atom is 0.161 e. The zero-order valence-electron chi connectivity index (χ0n) is 28.7. The summed E-state index contributed by atoms with van der Waals surface area (Å²) in [7, 11) is 0. The zero-order valence-corrected chi connectivity index (χ0v) is 28.7. The Labute approximate surface area is 306 Å². The number of aromatic nitrogens is 3. The van der Waals surface area contributed by atoms with Crippen LogP contribution in [0.5, 0.6) is 0 Å². The average Bonchev–Trinajstić information content (AvgIpc) is 3.60. The maximum absolute atomic E-state index is 5.22. The lowest BCUT2D eigenvalue weighted by Crippen LogP contribution is -1.97. The van der Waals surface area contributed by atoms with Gasteiger partial charge in [-0.15, -0.1) is 0 Å². The van der Waals surface area contributed by atoms with Gasteiger partial charge in [0.1, 0.15) is 0 Å². The fourth-order valence-electron chi connectivity index (χ4n) is 8.44. The van der Waals surface area contributed by atoms with E-state index in [0.29, 0.717) is 0 Å². The standard InChI is InChI=1S/C50H31N3/c1-2-15-34(16-3-1)48-43-24-12-13-25-44(43)51-50(52-48)42-23-11-6-17-36(42)33-26-29-35(30-27-33)53-45-31-28-32-14-4-5-18-37(32)46(45)47-40-21-9-7-19-38(40)39-20-8-10-22-41(39)49(47)53/h1-31H. The lowest BCUT2D eigenvalue weighted by atomic mass is 9.95. The number of para-hydroxylation sites is 1. The first-order valence-electron chi connectivity index (χ1n) is 18.1. The molecule has 9 aromatic carbocycles. The van der Waals surface area contributed by atoms with Crippen LogP contribution in [0.4, 0.5) is 0 Å². The summed E-state index contributed by atoms with van der Waals surface area (Å²) in [6.07, 6.45) is 0. The highest BCUT2D eigenvalue weighted by Crippen LogP contribution is 2.45. The van der Waals surface area contributed by atoms with Crippen LogP contribution in [0.1, 0.15) is 0 Å². The van der Waals surface area contributed by atoms with E-state index >= 15 is 0 Å². The third-order valence-corrected chi connectivity index (χ3v) is 10.8. The molecule has 3 nitrogen and oxygen atoms in total. The summed E-state index contributed by atoms with van der Waals surface area (Å²) in [5.74, 6) is 0.717. The summed E-state index contributed by atoms with van der Waals surface area (Å²) in [5, 5.41) is 11.2. The van der Waals surface area contributed by atoms with Crippen molar-refractivity contribution in [3.05, 3.63) is 188 Å². The van der Waals surface area contributed by atoms with E-state index in [2.05, 4.69) is 180 Å². The molecular weight excluding hydrogens is 643 g/mol. The van der Waals surface area contributed by atoms with E-state index in [1.165, 1.54) is 54.1 Å². The van der Waals surface area contributed by atoms with E-state index in [0.717, 1.165) is 50.4 Å². The van der Waals surface area contributed by atoms with E-state index in [-0.39, 0.29) is 0 Å². The van der Waals surface area contributed by atoms with E-state index in [1.807, 2.05) is 12.1 Å². The molecule has 246 valence electrons.